The highest BCUT2D eigenvalue weighted by molar-refractivity contribution is 7.99. The summed E-state index contributed by atoms with van der Waals surface area (Å²) in [5.41, 5.74) is 0.669. The SMILES string of the molecule is CC(C)(C)OC(=O)N1CCC[C@@H](SCc2ccccn2)C1. The first-order chi connectivity index (χ1) is 9.94. The third kappa shape index (κ3) is 5.58. The third-order valence-electron chi connectivity index (χ3n) is 3.22. The van der Waals surface area contributed by atoms with E-state index in [1.54, 1.807) is 0 Å². The summed E-state index contributed by atoms with van der Waals surface area (Å²) < 4.78 is 5.45. The van der Waals surface area contributed by atoms with E-state index < -0.39 is 5.60 Å². The van der Waals surface area contributed by atoms with Crippen LogP contribution in [0.3, 0.4) is 0 Å². The predicted molar refractivity (Wildman–Crippen MR) is 86.4 cm³/mol. The minimum Gasteiger partial charge on any atom is -0.444 e. The Hall–Kier alpha value is -1.23. The average molecular weight is 308 g/mol. The number of pyridine rings is 1. The molecule has 1 amide bonds. The summed E-state index contributed by atoms with van der Waals surface area (Å²) in [6, 6.07) is 5.98. The van der Waals surface area contributed by atoms with Crippen LogP contribution in [0, 0.1) is 0 Å². The van der Waals surface area contributed by atoms with Gasteiger partial charge < -0.3 is 9.64 Å². The lowest BCUT2D eigenvalue weighted by atomic mass is 10.1. The Bertz CT molecular complexity index is 459. The summed E-state index contributed by atoms with van der Waals surface area (Å²) in [4.78, 5) is 18.3. The second kappa shape index (κ2) is 7.16. The maximum absolute atomic E-state index is 12.1. The minimum atomic E-state index is -0.425. The van der Waals surface area contributed by atoms with Gasteiger partial charge >= 0.3 is 6.09 Å². The van der Waals surface area contributed by atoms with Gasteiger partial charge in [-0.1, -0.05) is 6.07 Å². The van der Waals surface area contributed by atoms with E-state index in [9.17, 15) is 4.79 Å². The van der Waals surface area contributed by atoms with Gasteiger partial charge in [0.2, 0.25) is 0 Å². The molecule has 1 aliphatic rings. The molecule has 1 saturated heterocycles. The van der Waals surface area contributed by atoms with Crippen molar-refractivity contribution in [1.29, 1.82) is 0 Å². The van der Waals surface area contributed by atoms with Crippen LogP contribution in [0.2, 0.25) is 0 Å². The molecule has 1 atom stereocenters. The van der Waals surface area contributed by atoms with Gasteiger partial charge in [0.1, 0.15) is 5.60 Å². The number of carbonyl (C=O) groups is 1. The van der Waals surface area contributed by atoms with Gasteiger partial charge in [0.05, 0.1) is 5.69 Å². The van der Waals surface area contributed by atoms with Crippen LogP contribution in [-0.4, -0.2) is 39.9 Å². The summed E-state index contributed by atoms with van der Waals surface area (Å²) >= 11 is 1.88. The average Bonchev–Trinajstić information content (AvgIpc) is 2.45. The molecule has 0 unspecified atom stereocenters. The Morgan fingerprint density at radius 1 is 1.48 bits per heavy atom. The first-order valence-corrected chi connectivity index (χ1v) is 8.48. The van der Waals surface area contributed by atoms with E-state index in [1.807, 2.05) is 61.8 Å². The number of amides is 1. The molecule has 4 nitrogen and oxygen atoms in total. The Morgan fingerprint density at radius 2 is 2.29 bits per heavy atom. The Labute approximate surface area is 131 Å². The molecule has 0 spiro atoms. The normalized spacial score (nSPS) is 19.4. The first-order valence-electron chi connectivity index (χ1n) is 7.43. The first kappa shape index (κ1) is 16.1. The molecule has 2 heterocycles. The molecular formula is C16H24N2O2S. The van der Waals surface area contributed by atoms with Gasteiger partial charge in [-0.05, 0) is 45.7 Å². The fraction of sp³-hybridized carbons (Fsp3) is 0.625. The topological polar surface area (TPSA) is 42.4 Å². The number of thioether (sulfide) groups is 1. The fourth-order valence-electron chi connectivity index (χ4n) is 2.25. The van der Waals surface area contributed by atoms with Crippen molar-refractivity contribution >= 4 is 17.9 Å². The molecule has 0 aromatic carbocycles. The number of hydrogen-bond acceptors (Lipinski definition) is 4. The van der Waals surface area contributed by atoms with Crippen molar-refractivity contribution in [2.75, 3.05) is 13.1 Å². The number of hydrogen-bond donors (Lipinski definition) is 0. The molecule has 1 aromatic heterocycles. The van der Waals surface area contributed by atoms with E-state index in [-0.39, 0.29) is 6.09 Å². The molecule has 2 rings (SSSR count). The molecule has 0 saturated carbocycles. The van der Waals surface area contributed by atoms with Crippen LogP contribution < -0.4 is 0 Å². The van der Waals surface area contributed by atoms with Crippen LogP contribution in [-0.2, 0) is 10.5 Å². The molecule has 1 fully saturated rings. The zero-order chi connectivity index (χ0) is 15.3. The summed E-state index contributed by atoms with van der Waals surface area (Å²) in [5.74, 6) is 0.896. The number of rotatable bonds is 3. The predicted octanol–water partition coefficient (Wildman–Crippen LogP) is 3.71. The van der Waals surface area contributed by atoms with Crippen LogP contribution in [0.4, 0.5) is 4.79 Å². The van der Waals surface area contributed by atoms with E-state index in [0.29, 0.717) is 5.25 Å². The second-order valence-corrected chi connectivity index (χ2v) is 7.61. The second-order valence-electron chi connectivity index (χ2n) is 6.32. The summed E-state index contributed by atoms with van der Waals surface area (Å²) in [6.45, 7) is 7.29. The number of piperidine rings is 1. The molecule has 1 aromatic rings. The smallest absolute Gasteiger partial charge is 0.410 e. The number of aromatic nitrogens is 1. The van der Waals surface area contributed by atoms with E-state index in [2.05, 4.69) is 4.98 Å². The van der Waals surface area contributed by atoms with Crippen LogP contribution in [0.15, 0.2) is 24.4 Å². The zero-order valence-corrected chi connectivity index (χ0v) is 13.9. The fourth-order valence-corrected chi connectivity index (χ4v) is 3.45. The van der Waals surface area contributed by atoms with Gasteiger partial charge in [-0.25, -0.2) is 4.79 Å². The Balaban J connectivity index is 1.82. The monoisotopic (exact) mass is 308 g/mol. The third-order valence-corrected chi connectivity index (χ3v) is 4.54. The molecular weight excluding hydrogens is 284 g/mol. The van der Waals surface area contributed by atoms with Crippen molar-refractivity contribution in [1.82, 2.24) is 9.88 Å². The van der Waals surface area contributed by atoms with Crippen molar-refractivity contribution in [2.24, 2.45) is 0 Å². The highest BCUT2D eigenvalue weighted by Crippen LogP contribution is 2.26. The molecule has 5 heteroatoms. The molecule has 0 radical (unpaired) electrons. The summed E-state index contributed by atoms with van der Waals surface area (Å²) in [7, 11) is 0. The van der Waals surface area contributed by atoms with Gasteiger partial charge in [-0.3, -0.25) is 4.98 Å². The molecule has 0 aliphatic carbocycles. The standard InChI is InChI=1S/C16H24N2O2S/c1-16(2,3)20-15(19)18-10-6-8-14(11-18)21-12-13-7-4-5-9-17-13/h4-5,7,9,14H,6,8,10-12H2,1-3H3/t14-/m1/s1. The van der Waals surface area contributed by atoms with E-state index in [1.165, 1.54) is 0 Å². The number of carbonyl (C=O) groups excluding carboxylic acids is 1. The number of likely N-dealkylation sites (tertiary alicyclic amines) is 1. The van der Waals surface area contributed by atoms with Gasteiger partial charge in [-0.15, -0.1) is 0 Å². The van der Waals surface area contributed by atoms with Crippen LogP contribution >= 0.6 is 11.8 Å². The molecule has 116 valence electrons. The summed E-state index contributed by atoms with van der Waals surface area (Å²) in [5, 5.41) is 0.466. The largest absolute Gasteiger partial charge is 0.444 e. The highest BCUT2D eigenvalue weighted by atomic mass is 32.2. The zero-order valence-electron chi connectivity index (χ0n) is 13.0. The Kier molecular flexibility index (Phi) is 5.51. The lowest BCUT2D eigenvalue weighted by Gasteiger charge is -2.33. The molecule has 1 aliphatic heterocycles. The number of ether oxygens (including phenoxy) is 1. The van der Waals surface area contributed by atoms with Gasteiger partial charge in [0.15, 0.2) is 0 Å². The number of nitrogens with zero attached hydrogens (tertiary/aromatic N) is 2. The Morgan fingerprint density at radius 3 is 2.95 bits per heavy atom. The van der Waals surface area contributed by atoms with E-state index >= 15 is 0 Å². The highest BCUT2D eigenvalue weighted by Gasteiger charge is 2.27. The van der Waals surface area contributed by atoms with Crippen molar-refractivity contribution in [2.45, 2.75) is 50.2 Å². The van der Waals surface area contributed by atoms with Gasteiger partial charge in [-0.2, -0.15) is 11.8 Å². The maximum atomic E-state index is 12.1. The van der Waals surface area contributed by atoms with Crippen LogP contribution in [0.25, 0.3) is 0 Å². The van der Waals surface area contributed by atoms with Crippen LogP contribution in [0.1, 0.15) is 39.3 Å². The van der Waals surface area contributed by atoms with E-state index in [0.717, 1.165) is 37.4 Å². The molecule has 21 heavy (non-hydrogen) atoms. The van der Waals surface area contributed by atoms with E-state index in [4.69, 9.17) is 4.74 Å². The molecule has 0 bridgehead atoms. The maximum Gasteiger partial charge on any atom is 0.410 e. The van der Waals surface area contributed by atoms with Crippen molar-refractivity contribution in [3.8, 4) is 0 Å². The van der Waals surface area contributed by atoms with Crippen molar-refractivity contribution in [3.05, 3.63) is 30.1 Å². The van der Waals surface area contributed by atoms with Crippen LogP contribution in [0.5, 0.6) is 0 Å². The summed E-state index contributed by atoms with van der Waals surface area (Å²) in [6.07, 6.45) is 3.82. The van der Waals surface area contributed by atoms with Gasteiger partial charge in [0, 0.05) is 30.3 Å². The molecule has 0 N–H and O–H groups in total. The lowest BCUT2D eigenvalue weighted by molar-refractivity contribution is 0.0220. The quantitative estimate of drug-likeness (QED) is 0.853. The minimum absolute atomic E-state index is 0.189. The van der Waals surface area contributed by atoms with Crippen molar-refractivity contribution in [3.63, 3.8) is 0 Å². The van der Waals surface area contributed by atoms with Crippen molar-refractivity contribution < 1.29 is 9.53 Å². The lowest BCUT2D eigenvalue weighted by Crippen LogP contribution is -2.43. The van der Waals surface area contributed by atoms with Gasteiger partial charge in [0.25, 0.3) is 0 Å².